The maximum absolute atomic E-state index is 12.4. The average Bonchev–Trinajstić information content (AvgIpc) is 2.99. The van der Waals surface area contributed by atoms with Crippen LogP contribution in [0.4, 0.5) is 0 Å². The number of likely N-dealkylation sites (tertiary alicyclic amines) is 1. The summed E-state index contributed by atoms with van der Waals surface area (Å²) in [4.78, 5) is 25.9. The molecule has 1 atom stereocenters. The predicted octanol–water partition coefficient (Wildman–Crippen LogP) is 2.40. The molecule has 0 saturated carbocycles. The molecule has 5 heteroatoms. The molecule has 1 aromatic heterocycles. The van der Waals surface area contributed by atoms with Gasteiger partial charge in [0.15, 0.2) is 5.76 Å². The highest BCUT2D eigenvalue weighted by Gasteiger charge is 2.30. The number of carbonyl (C=O) groups is 2. The molecule has 2 heterocycles. The lowest BCUT2D eigenvalue weighted by Gasteiger charge is -2.14. The highest BCUT2D eigenvalue weighted by atomic mass is 16.3. The van der Waals surface area contributed by atoms with Crippen LogP contribution < -0.4 is 5.32 Å². The van der Waals surface area contributed by atoms with Crippen molar-refractivity contribution in [3.8, 4) is 0 Å². The minimum absolute atomic E-state index is 0.0877. The van der Waals surface area contributed by atoms with Crippen molar-refractivity contribution in [1.29, 1.82) is 0 Å². The van der Waals surface area contributed by atoms with Crippen molar-refractivity contribution in [2.45, 2.75) is 33.2 Å². The van der Waals surface area contributed by atoms with E-state index in [0.29, 0.717) is 25.3 Å². The first-order valence-electron chi connectivity index (χ1n) is 7.58. The van der Waals surface area contributed by atoms with Crippen molar-refractivity contribution < 1.29 is 14.0 Å². The number of nitrogens with zero attached hydrogens (tertiary/aromatic N) is 1. The number of aryl methyl sites for hydroxylation is 2. The van der Waals surface area contributed by atoms with Gasteiger partial charge in [0, 0.05) is 30.5 Å². The zero-order chi connectivity index (χ0) is 15.9. The van der Waals surface area contributed by atoms with E-state index in [1.54, 1.807) is 4.90 Å². The fraction of sp³-hybridized carbons (Fsp3) is 0.412. The number of likely N-dealkylation sites (N-methyl/N-ethyl adjacent to an activating group) is 1. The summed E-state index contributed by atoms with van der Waals surface area (Å²) in [7, 11) is 0. The number of hydrogen-bond donors (Lipinski definition) is 1. The van der Waals surface area contributed by atoms with Crippen LogP contribution in [0, 0.1) is 13.8 Å². The second-order valence-electron chi connectivity index (χ2n) is 5.86. The van der Waals surface area contributed by atoms with E-state index < -0.39 is 0 Å². The Balaban J connectivity index is 1.81. The van der Waals surface area contributed by atoms with Gasteiger partial charge in [-0.25, -0.2) is 0 Å². The van der Waals surface area contributed by atoms with E-state index in [9.17, 15) is 9.59 Å². The Kier molecular flexibility index (Phi) is 3.64. The minimum Gasteiger partial charge on any atom is -0.451 e. The lowest BCUT2D eigenvalue weighted by molar-refractivity contribution is -0.127. The van der Waals surface area contributed by atoms with Crippen molar-refractivity contribution in [3.63, 3.8) is 0 Å². The second kappa shape index (κ2) is 5.48. The lowest BCUT2D eigenvalue weighted by Crippen LogP contribution is -2.37. The Morgan fingerprint density at radius 3 is 2.86 bits per heavy atom. The van der Waals surface area contributed by atoms with Gasteiger partial charge >= 0.3 is 0 Å². The highest BCUT2D eigenvalue weighted by Crippen LogP contribution is 2.26. The summed E-state index contributed by atoms with van der Waals surface area (Å²) in [6.45, 7) is 7.05. The van der Waals surface area contributed by atoms with Gasteiger partial charge in [0.25, 0.3) is 5.91 Å². The number of amides is 2. The molecule has 3 rings (SSSR count). The molecule has 0 radical (unpaired) electrons. The van der Waals surface area contributed by atoms with Crippen LogP contribution in [-0.2, 0) is 4.79 Å². The zero-order valence-corrected chi connectivity index (χ0v) is 13.1. The molecule has 1 aliphatic rings. The number of rotatable bonds is 3. The smallest absolute Gasteiger partial charge is 0.287 e. The lowest BCUT2D eigenvalue weighted by atomic mass is 10.1. The average molecular weight is 300 g/mol. The SMILES string of the molecule is CCN1C[C@H](NC(=O)c2oc3cc(C)ccc3c2C)CC1=O. The summed E-state index contributed by atoms with van der Waals surface area (Å²) in [5.41, 5.74) is 2.65. The van der Waals surface area contributed by atoms with Crippen LogP contribution in [0.2, 0.25) is 0 Å². The quantitative estimate of drug-likeness (QED) is 0.946. The summed E-state index contributed by atoms with van der Waals surface area (Å²) < 4.78 is 5.72. The van der Waals surface area contributed by atoms with Gasteiger partial charge in [-0.1, -0.05) is 12.1 Å². The first kappa shape index (κ1) is 14.6. The molecule has 0 bridgehead atoms. The standard InChI is InChI=1S/C17H20N2O3/c1-4-19-9-12(8-15(19)20)18-17(21)16-11(3)13-6-5-10(2)7-14(13)22-16/h5-7,12H,4,8-9H2,1-3H3,(H,18,21)/t12-/m1/s1. The number of hydrogen-bond acceptors (Lipinski definition) is 3. The molecule has 1 aliphatic heterocycles. The number of furan rings is 1. The third-order valence-corrected chi connectivity index (χ3v) is 4.23. The summed E-state index contributed by atoms with van der Waals surface area (Å²) in [5, 5.41) is 3.86. The molecule has 2 amide bonds. The Bertz CT molecular complexity index is 748. The summed E-state index contributed by atoms with van der Waals surface area (Å²) in [6, 6.07) is 5.76. The van der Waals surface area contributed by atoms with Gasteiger partial charge in [-0.15, -0.1) is 0 Å². The van der Waals surface area contributed by atoms with E-state index in [-0.39, 0.29) is 17.9 Å². The number of carbonyl (C=O) groups excluding carboxylic acids is 2. The van der Waals surface area contributed by atoms with Crippen LogP contribution in [0.1, 0.15) is 35.0 Å². The van der Waals surface area contributed by atoms with Gasteiger partial charge in [-0.05, 0) is 32.4 Å². The monoisotopic (exact) mass is 300 g/mol. The normalized spacial score (nSPS) is 18.2. The van der Waals surface area contributed by atoms with Crippen molar-refractivity contribution in [2.75, 3.05) is 13.1 Å². The Morgan fingerprint density at radius 1 is 1.41 bits per heavy atom. The van der Waals surface area contributed by atoms with Crippen molar-refractivity contribution >= 4 is 22.8 Å². The largest absolute Gasteiger partial charge is 0.451 e. The minimum atomic E-state index is -0.248. The Morgan fingerprint density at radius 2 is 2.18 bits per heavy atom. The van der Waals surface area contributed by atoms with E-state index in [0.717, 1.165) is 22.1 Å². The number of nitrogens with one attached hydrogen (secondary N) is 1. The summed E-state index contributed by atoms with van der Waals surface area (Å²) >= 11 is 0. The van der Waals surface area contributed by atoms with E-state index in [1.165, 1.54) is 0 Å². The molecule has 1 saturated heterocycles. The molecule has 116 valence electrons. The Hall–Kier alpha value is -2.30. The van der Waals surface area contributed by atoms with Crippen LogP contribution in [0.15, 0.2) is 22.6 Å². The van der Waals surface area contributed by atoms with Gasteiger partial charge in [-0.2, -0.15) is 0 Å². The predicted molar refractivity (Wildman–Crippen MR) is 83.8 cm³/mol. The molecule has 5 nitrogen and oxygen atoms in total. The van der Waals surface area contributed by atoms with Crippen molar-refractivity contribution in [2.24, 2.45) is 0 Å². The fourth-order valence-electron chi connectivity index (χ4n) is 2.97. The third-order valence-electron chi connectivity index (χ3n) is 4.23. The van der Waals surface area contributed by atoms with Gasteiger partial charge in [0.05, 0.1) is 6.04 Å². The Labute approximate surface area is 129 Å². The van der Waals surface area contributed by atoms with Crippen LogP contribution in [-0.4, -0.2) is 35.8 Å². The van der Waals surface area contributed by atoms with E-state index >= 15 is 0 Å². The van der Waals surface area contributed by atoms with Crippen LogP contribution in [0.25, 0.3) is 11.0 Å². The molecular formula is C17H20N2O3. The number of benzene rings is 1. The second-order valence-corrected chi connectivity index (χ2v) is 5.86. The molecule has 0 unspecified atom stereocenters. The van der Waals surface area contributed by atoms with E-state index in [2.05, 4.69) is 5.32 Å². The number of fused-ring (bicyclic) bond motifs is 1. The summed E-state index contributed by atoms with van der Waals surface area (Å²) in [6.07, 6.45) is 0.359. The van der Waals surface area contributed by atoms with Crippen LogP contribution in [0.3, 0.4) is 0 Å². The van der Waals surface area contributed by atoms with E-state index in [4.69, 9.17) is 4.42 Å². The fourth-order valence-corrected chi connectivity index (χ4v) is 2.97. The van der Waals surface area contributed by atoms with Crippen molar-refractivity contribution in [1.82, 2.24) is 10.2 Å². The topological polar surface area (TPSA) is 62.6 Å². The molecule has 1 aromatic carbocycles. The molecule has 1 fully saturated rings. The maximum atomic E-state index is 12.4. The van der Waals surface area contributed by atoms with E-state index in [1.807, 2.05) is 39.0 Å². The third kappa shape index (κ3) is 2.47. The molecule has 22 heavy (non-hydrogen) atoms. The highest BCUT2D eigenvalue weighted by molar-refractivity contribution is 5.99. The van der Waals surface area contributed by atoms with Gasteiger partial charge < -0.3 is 14.6 Å². The van der Waals surface area contributed by atoms with Crippen LogP contribution >= 0.6 is 0 Å². The van der Waals surface area contributed by atoms with Crippen LogP contribution in [0.5, 0.6) is 0 Å². The maximum Gasteiger partial charge on any atom is 0.287 e. The first-order chi connectivity index (χ1) is 10.5. The zero-order valence-electron chi connectivity index (χ0n) is 13.1. The first-order valence-corrected chi connectivity index (χ1v) is 7.58. The molecule has 2 aromatic rings. The van der Waals surface area contributed by atoms with Gasteiger partial charge in [0.1, 0.15) is 5.58 Å². The van der Waals surface area contributed by atoms with Gasteiger partial charge in [0.2, 0.25) is 5.91 Å². The molecule has 0 aliphatic carbocycles. The van der Waals surface area contributed by atoms with Gasteiger partial charge in [-0.3, -0.25) is 9.59 Å². The molecule has 0 spiro atoms. The summed E-state index contributed by atoms with van der Waals surface area (Å²) in [5.74, 6) is 0.176. The molecule has 1 N–H and O–H groups in total. The van der Waals surface area contributed by atoms with Crippen molar-refractivity contribution in [3.05, 3.63) is 35.1 Å². The molecular weight excluding hydrogens is 280 g/mol.